The minimum absolute atomic E-state index is 0.128. The molecule has 12 heteroatoms. The van der Waals surface area contributed by atoms with Gasteiger partial charge in [0.2, 0.25) is 0 Å². The second-order valence-electron chi connectivity index (χ2n) is 9.00. The summed E-state index contributed by atoms with van der Waals surface area (Å²) in [6, 6.07) is 16.6. The number of carbonyl (C=O) groups excluding carboxylic acids is 1. The number of benzene rings is 4. The largest absolute Gasteiger partial charge is 0.494 e. The summed E-state index contributed by atoms with van der Waals surface area (Å²) in [5.41, 5.74) is -5.52. The van der Waals surface area contributed by atoms with Gasteiger partial charge in [-0.2, -0.15) is 26.3 Å². The molecular weight excluding hydrogens is 574 g/mol. The lowest BCUT2D eigenvalue weighted by atomic mass is 9.74. The van der Waals surface area contributed by atoms with Crippen LogP contribution in [0.1, 0.15) is 27.0 Å². The van der Waals surface area contributed by atoms with E-state index in [1.54, 1.807) is 6.07 Å². The van der Waals surface area contributed by atoms with Crippen molar-refractivity contribution in [1.29, 1.82) is 0 Å². The average molecular weight is 595 g/mol. The van der Waals surface area contributed by atoms with Crippen molar-refractivity contribution >= 4 is 5.91 Å². The summed E-state index contributed by atoms with van der Waals surface area (Å²) in [4.78, 5) is 13.5. The van der Waals surface area contributed by atoms with Crippen LogP contribution in [-0.4, -0.2) is 25.6 Å². The van der Waals surface area contributed by atoms with Crippen molar-refractivity contribution in [2.24, 2.45) is 0 Å². The lowest BCUT2D eigenvalue weighted by Gasteiger charge is -2.42. The Hall–Kier alpha value is -4.61. The van der Waals surface area contributed by atoms with Gasteiger partial charge in [0.25, 0.3) is 5.91 Å². The zero-order valence-electron chi connectivity index (χ0n) is 21.6. The Labute approximate surface area is 234 Å². The van der Waals surface area contributed by atoms with E-state index < -0.39 is 69.7 Å². The van der Waals surface area contributed by atoms with Crippen molar-refractivity contribution in [2.45, 2.75) is 24.0 Å². The Kier molecular flexibility index (Phi) is 8.46. The van der Waals surface area contributed by atoms with E-state index in [0.29, 0.717) is 12.1 Å². The van der Waals surface area contributed by atoms with Gasteiger partial charge in [0.15, 0.2) is 17.1 Å². The van der Waals surface area contributed by atoms with Crippen LogP contribution in [0.4, 0.5) is 35.1 Å². The average Bonchev–Trinajstić information content (AvgIpc) is 2.96. The first kappa shape index (κ1) is 30.4. The van der Waals surface area contributed by atoms with Crippen molar-refractivity contribution in [3.8, 4) is 11.5 Å². The fraction of sp³-hybridized carbons (Fsp3) is 0.167. The van der Waals surface area contributed by atoms with Gasteiger partial charge in [0.05, 0.1) is 7.11 Å². The van der Waals surface area contributed by atoms with Crippen LogP contribution in [0.3, 0.4) is 0 Å². The van der Waals surface area contributed by atoms with Gasteiger partial charge in [-0.25, -0.2) is 8.78 Å². The number of ether oxygens (including phenoxy) is 2. The molecule has 220 valence electrons. The van der Waals surface area contributed by atoms with Gasteiger partial charge in [-0.3, -0.25) is 4.79 Å². The summed E-state index contributed by atoms with van der Waals surface area (Å²) in [7, 11) is 1.04. The topological polar surface area (TPSA) is 47.6 Å². The SMILES string of the molecule is COc1cc([C@@](NC(=O)c2ccccc2)(c2cc(F)cc(OC(F)(F)C(F)F)c2)C(F)(F)c2ccccc2)ccc1F. The number of carbonyl (C=O) groups is 1. The number of hydrogen-bond acceptors (Lipinski definition) is 3. The minimum atomic E-state index is -5.12. The van der Waals surface area contributed by atoms with E-state index in [2.05, 4.69) is 10.1 Å². The molecule has 1 N–H and O–H groups in total. The molecule has 0 aromatic heterocycles. The van der Waals surface area contributed by atoms with Crippen LogP contribution in [0.15, 0.2) is 97.1 Å². The van der Waals surface area contributed by atoms with Crippen LogP contribution < -0.4 is 14.8 Å². The Balaban J connectivity index is 2.09. The maximum absolute atomic E-state index is 17.0. The molecule has 4 nitrogen and oxygen atoms in total. The maximum atomic E-state index is 17.0. The lowest BCUT2D eigenvalue weighted by Crippen LogP contribution is -2.57. The van der Waals surface area contributed by atoms with E-state index in [9.17, 15) is 31.1 Å². The molecule has 0 bridgehead atoms. The molecule has 1 atom stereocenters. The molecule has 0 heterocycles. The van der Waals surface area contributed by atoms with Gasteiger partial charge in [-0.1, -0.05) is 54.6 Å². The smallest absolute Gasteiger partial charge is 0.461 e. The van der Waals surface area contributed by atoms with Crippen LogP contribution in [0.5, 0.6) is 11.5 Å². The summed E-state index contributed by atoms with van der Waals surface area (Å²) < 4.78 is 126. The predicted molar refractivity (Wildman–Crippen MR) is 136 cm³/mol. The van der Waals surface area contributed by atoms with Gasteiger partial charge in [-0.15, -0.1) is 0 Å². The highest BCUT2D eigenvalue weighted by Gasteiger charge is 2.59. The van der Waals surface area contributed by atoms with Crippen LogP contribution in [0, 0.1) is 11.6 Å². The molecule has 0 unspecified atom stereocenters. The number of halogens is 8. The van der Waals surface area contributed by atoms with Crippen molar-refractivity contribution in [2.75, 3.05) is 7.11 Å². The Morgan fingerprint density at radius 3 is 1.98 bits per heavy atom. The first-order chi connectivity index (χ1) is 19.8. The molecule has 1 amide bonds. The van der Waals surface area contributed by atoms with Crippen LogP contribution >= 0.6 is 0 Å². The molecule has 0 spiro atoms. The second kappa shape index (κ2) is 11.7. The van der Waals surface area contributed by atoms with Crippen molar-refractivity contribution in [1.82, 2.24) is 5.32 Å². The standard InChI is InChI=1S/C30H21F8NO3/c1-41-25-16-20(12-13-24(25)32)28(29(35,36)19-10-6-3-7-11-19,39-26(40)18-8-4-2-5-9-18)21-14-22(31)17-23(15-21)42-30(37,38)27(33)34/h2-17,27H,1H3,(H,39,40)/t28-/m1/s1. The fourth-order valence-corrected chi connectivity index (χ4v) is 4.38. The zero-order chi connectivity index (χ0) is 30.7. The van der Waals surface area contributed by atoms with E-state index in [-0.39, 0.29) is 11.6 Å². The van der Waals surface area contributed by atoms with Crippen molar-refractivity contribution in [3.63, 3.8) is 0 Å². The quantitative estimate of drug-likeness (QED) is 0.192. The Morgan fingerprint density at radius 1 is 0.762 bits per heavy atom. The van der Waals surface area contributed by atoms with E-state index >= 15 is 8.78 Å². The first-order valence-electron chi connectivity index (χ1n) is 12.1. The highest BCUT2D eigenvalue weighted by Crippen LogP contribution is 2.51. The summed E-state index contributed by atoms with van der Waals surface area (Å²) in [5, 5.41) is 2.20. The third-order valence-electron chi connectivity index (χ3n) is 6.34. The molecule has 4 rings (SSSR count). The summed E-state index contributed by atoms with van der Waals surface area (Å²) in [6.07, 6.45) is -9.47. The third-order valence-corrected chi connectivity index (χ3v) is 6.34. The predicted octanol–water partition coefficient (Wildman–Crippen LogP) is 7.68. The zero-order valence-corrected chi connectivity index (χ0v) is 21.6. The van der Waals surface area contributed by atoms with E-state index in [0.717, 1.165) is 37.4 Å². The van der Waals surface area contributed by atoms with Gasteiger partial charge < -0.3 is 14.8 Å². The van der Waals surface area contributed by atoms with Crippen LogP contribution in [-0.2, 0) is 11.5 Å². The third kappa shape index (κ3) is 5.74. The molecule has 0 saturated heterocycles. The number of rotatable bonds is 10. The number of amides is 1. The summed E-state index contributed by atoms with van der Waals surface area (Å²) in [5.74, 6) is -9.59. The monoisotopic (exact) mass is 595 g/mol. The number of nitrogens with one attached hydrogen (secondary N) is 1. The maximum Gasteiger partial charge on any atom is 0.461 e. The number of hydrogen-bond donors (Lipinski definition) is 1. The second-order valence-corrected chi connectivity index (χ2v) is 9.00. The number of methoxy groups -OCH3 is 1. The van der Waals surface area contributed by atoms with Gasteiger partial charge in [0, 0.05) is 17.2 Å². The molecule has 42 heavy (non-hydrogen) atoms. The van der Waals surface area contributed by atoms with E-state index in [1.165, 1.54) is 42.5 Å². The summed E-state index contributed by atoms with van der Waals surface area (Å²) in [6.45, 7) is 0. The molecule has 0 radical (unpaired) electrons. The van der Waals surface area contributed by atoms with Gasteiger partial charge in [-0.05, 0) is 47.5 Å². The van der Waals surface area contributed by atoms with Crippen LogP contribution in [0.25, 0.3) is 0 Å². The molecular formula is C30H21F8NO3. The molecule has 4 aromatic carbocycles. The van der Waals surface area contributed by atoms with E-state index in [1.807, 2.05) is 0 Å². The van der Waals surface area contributed by atoms with Gasteiger partial charge >= 0.3 is 18.5 Å². The van der Waals surface area contributed by atoms with E-state index in [4.69, 9.17) is 4.74 Å². The summed E-state index contributed by atoms with van der Waals surface area (Å²) >= 11 is 0. The molecule has 0 aliphatic carbocycles. The Morgan fingerprint density at radius 2 is 1.38 bits per heavy atom. The fourth-order valence-electron chi connectivity index (χ4n) is 4.38. The van der Waals surface area contributed by atoms with Crippen LogP contribution in [0.2, 0.25) is 0 Å². The molecule has 0 saturated carbocycles. The normalized spacial score (nSPS) is 13.4. The van der Waals surface area contributed by atoms with Crippen molar-refractivity contribution in [3.05, 3.63) is 131 Å². The lowest BCUT2D eigenvalue weighted by molar-refractivity contribution is -0.253. The molecule has 0 aliphatic rings. The van der Waals surface area contributed by atoms with Crippen molar-refractivity contribution < 1.29 is 49.4 Å². The molecule has 0 fully saturated rings. The highest BCUT2D eigenvalue weighted by molar-refractivity contribution is 5.95. The molecule has 4 aromatic rings. The first-order valence-corrected chi connectivity index (χ1v) is 12.1. The minimum Gasteiger partial charge on any atom is -0.494 e. The van der Waals surface area contributed by atoms with Gasteiger partial charge in [0.1, 0.15) is 11.6 Å². The number of alkyl halides is 6. The molecule has 0 aliphatic heterocycles. The highest BCUT2D eigenvalue weighted by atomic mass is 19.3. The Bertz CT molecular complexity index is 1550.